The third-order valence-electron chi connectivity index (χ3n) is 5.48. The molecule has 0 bridgehead atoms. The summed E-state index contributed by atoms with van der Waals surface area (Å²) >= 11 is 11.8. The van der Waals surface area contributed by atoms with Crippen LogP contribution in [0.15, 0.2) is 42.5 Å². The van der Waals surface area contributed by atoms with Crippen LogP contribution in [0.3, 0.4) is 0 Å². The molecule has 0 radical (unpaired) electrons. The normalized spacial score (nSPS) is 13.5. The van der Waals surface area contributed by atoms with E-state index in [0.717, 1.165) is 6.08 Å². The average molecular weight is 528 g/mol. The Morgan fingerprint density at radius 2 is 1.74 bits per heavy atom. The van der Waals surface area contributed by atoms with Crippen LogP contribution in [0, 0.1) is 6.92 Å². The van der Waals surface area contributed by atoms with Gasteiger partial charge in [0.2, 0.25) is 0 Å². The van der Waals surface area contributed by atoms with Gasteiger partial charge in [-0.15, -0.1) is 0 Å². The summed E-state index contributed by atoms with van der Waals surface area (Å²) in [6.07, 6.45) is -0.553. The van der Waals surface area contributed by atoms with Gasteiger partial charge in [-0.25, -0.2) is 0 Å². The minimum Gasteiger partial charge on any atom is -0.349 e. The molecule has 35 heavy (non-hydrogen) atoms. The maximum absolute atomic E-state index is 13.7. The largest absolute Gasteiger partial charge is 0.399 e. The van der Waals surface area contributed by atoms with E-state index in [1.165, 1.54) is 24.3 Å². The fourth-order valence-corrected chi connectivity index (χ4v) is 4.13. The first-order valence-electron chi connectivity index (χ1n) is 11.0. The number of Topliss-reactive ketones (excluding diaryl/α,β-unsaturated/α-hetero) is 1. The maximum atomic E-state index is 13.7. The van der Waals surface area contributed by atoms with Crippen molar-refractivity contribution < 1.29 is 27.6 Å². The van der Waals surface area contributed by atoms with E-state index in [1.54, 1.807) is 25.1 Å². The second-order valence-corrected chi connectivity index (χ2v) is 9.06. The van der Waals surface area contributed by atoms with Crippen molar-refractivity contribution in [1.82, 2.24) is 5.32 Å². The second-order valence-electron chi connectivity index (χ2n) is 8.18. The summed E-state index contributed by atoms with van der Waals surface area (Å²) in [6, 6.07) is 8.31. The van der Waals surface area contributed by atoms with Crippen LogP contribution < -0.4 is 5.32 Å². The molecule has 0 heterocycles. The van der Waals surface area contributed by atoms with Crippen molar-refractivity contribution in [3.05, 3.63) is 74.8 Å². The van der Waals surface area contributed by atoms with Gasteiger partial charge >= 0.3 is 6.18 Å². The first kappa shape index (κ1) is 28.6. The van der Waals surface area contributed by atoms with Gasteiger partial charge in [-0.2, -0.15) is 13.2 Å². The van der Waals surface area contributed by atoms with Crippen molar-refractivity contribution in [2.45, 2.75) is 57.7 Å². The highest BCUT2D eigenvalue weighted by atomic mass is 35.5. The molecule has 188 valence electrons. The Kier molecular flexibility index (Phi) is 10.5. The summed E-state index contributed by atoms with van der Waals surface area (Å²) in [5.74, 6) is -2.43. The predicted molar refractivity (Wildman–Crippen MR) is 132 cm³/mol. The zero-order chi connectivity index (χ0) is 26.2. The number of hydrogen-bond acceptors (Lipinski definition) is 3. The summed E-state index contributed by atoms with van der Waals surface area (Å²) in [7, 11) is 0. The van der Waals surface area contributed by atoms with Gasteiger partial charge in [0.05, 0.1) is 12.3 Å². The summed E-state index contributed by atoms with van der Waals surface area (Å²) < 4.78 is 41.1. The molecule has 2 rings (SSSR count). The molecule has 0 saturated carbocycles. The van der Waals surface area contributed by atoms with Gasteiger partial charge in [0.25, 0.3) is 5.91 Å². The Hall–Kier alpha value is -2.64. The van der Waals surface area contributed by atoms with E-state index in [0.29, 0.717) is 35.8 Å². The number of aldehydes is 1. The topological polar surface area (TPSA) is 63.2 Å². The number of carbonyl (C=O) groups excluding carboxylic acids is 3. The highest BCUT2D eigenvalue weighted by molar-refractivity contribution is 6.34. The number of halogens is 5. The SMILES string of the molecule is CCC(CCC(=O)CC=O)NC(=O)c1ccc(C=CC(c2cc(Cl)cc(Cl)c2)C(F)(F)F)cc1C. The standard InChI is InChI=1S/C26H26Cl2F3NO3/c1-3-21(6-7-22(34)10-11-33)32-25(35)23-8-4-17(12-16(23)2)5-9-24(26(29,30)31)18-13-19(27)15-20(28)14-18/h4-5,8-9,11-15,21,24H,3,6-7,10H2,1-2H3,(H,32,35). The lowest BCUT2D eigenvalue weighted by molar-refractivity contribution is -0.139. The van der Waals surface area contributed by atoms with Crippen molar-refractivity contribution in [2.24, 2.45) is 0 Å². The minimum absolute atomic E-state index is 0.0730. The van der Waals surface area contributed by atoms with Crippen LogP contribution in [0.4, 0.5) is 13.2 Å². The van der Waals surface area contributed by atoms with Crippen LogP contribution in [0.5, 0.6) is 0 Å². The molecule has 0 aliphatic heterocycles. The Bertz CT molecular complexity index is 1080. The number of rotatable bonds is 11. The fourth-order valence-electron chi connectivity index (χ4n) is 3.59. The molecule has 0 aliphatic carbocycles. The molecule has 2 aromatic carbocycles. The number of alkyl halides is 3. The smallest absolute Gasteiger partial charge is 0.349 e. The summed E-state index contributed by atoms with van der Waals surface area (Å²) in [6.45, 7) is 3.57. The lowest BCUT2D eigenvalue weighted by atomic mass is 9.96. The van der Waals surface area contributed by atoms with Crippen molar-refractivity contribution in [1.29, 1.82) is 0 Å². The van der Waals surface area contributed by atoms with Gasteiger partial charge in [-0.05, 0) is 60.7 Å². The van der Waals surface area contributed by atoms with Crippen molar-refractivity contribution in [3.63, 3.8) is 0 Å². The van der Waals surface area contributed by atoms with Gasteiger partial charge in [0.15, 0.2) is 0 Å². The van der Waals surface area contributed by atoms with Gasteiger partial charge in [-0.3, -0.25) is 9.59 Å². The first-order valence-corrected chi connectivity index (χ1v) is 11.8. The summed E-state index contributed by atoms with van der Waals surface area (Å²) in [5.41, 5.74) is 1.39. The molecule has 4 nitrogen and oxygen atoms in total. The van der Waals surface area contributed by atoms with Crippen molar-refractivity contribution in [3.8, 4) is 0 Å². The number of hydrogen-bond donors (Lipinski definition) is 1. The molecule has 0 fully saturated rings. The molecule has 9 heteroatoms. The average Bonchev–Trinajstić information content (AvgIpc) is 2.75. The highest BCUT2D eigenvalue weighted by Gasteiger charge is 2.39. The van der Waals surface area contributed by atoms with E-state index in [4.69, 9.17) is 23.2 Å². The molecule has 2 atom stereocenters. The number of benzene rings is 2. The molecule has 1 amide bonds. The van der Waals surface area contributed by atoms with Gasteiger partial charge < -0.3 is 10.1 Å². The molecular weight excluding hydrogens is 502 g/mol. The molecule has 1 N–H and O–H groups in total. The number of allylic oxidation sites excluding steroid dienone is 1. The van der Waals surface area contributed by atoms with E-state index in [1.807, 2.05) is 6.92 Å². The molecule has 0 saturated heterocycles. The van der Waals surface area contributed by atoms with E-state index in [9.17, 15) is 27.6 Å². The van der Waals surface area contributed by atoms with Crippen LogP contribution in [-0.2, 0) is 9.59 Å². The lowest BCUT2D eigenvalue weighted by Gasteiger charge is -2.18. The van der Waals surface area contributed by atoms with E-state index in [-0.39, 0.29) is 46.2 Å². The van der Waals surface area contributed by atoms with Crippen LogP contribution in [0.1, 0.15) is 65.6 Å². The lowest BCUT2D eigenvalue weighted by Crippen LogP contribution is -2.35. The third kappa shape index (κ3) is 8.82. The van der Waals surface area contributed by atoms with Crippen molar-refractivity contribution in [2.75, 3.05) is 0 Å². The maximum Gasteiger partial charge on any atom is 0.399 e. The quantitative estimate of drug-likeness (QED) is 0.250. The van der Waals surface area contributed by atoms with Crippen LogP contribution in [0.25, 0.3) is 6.08 Å². The predicted octanol–water partition coefficient (Wildman–Crippen LogP) is 7.11. The molecule has 0 aromatic heterocycles. The van der Waals surface area contributed by atoms with E-state index in [2.05, 4.69) is 5.32 Å². The minimum atomic E-state index is -4.55. The van der Waals surface area contributed by atoms with Crippen LogP contribution in [0.2, 0.25) is 10.0 Å². The van der Waals surface area contributed by atoms with Gasteiger partial charge in [-0.1, -0.05) is 54.4 Å². The summed E-state index contributed by atoms with van der Waals surface area (Å²) in [5, 5.41) is 3.09. The zero-order valence-corrected chi connectivity index (χ0v) is 20.8. The number of aryl methyl sites for hydroxylation is 1. The second kappa shape index (κ2) is 12.9. The molecule has 2 aromatic rings. The number of carbonyl (C=O) groups is 3. The zero-order valence-electron chi connectivity index (χ0n) is 19.3. The van der Waals surface area contributed by atoms with Gasteiger partial charge in [0, 0.05) is 28.1 Å². The van der Waals surface area contributed by atoms with Crippen molar-refractivity contribution >= 4 is 47.3 Å². The summed E-state index contributed by atoms with van der Waals surface area (Å²) in [4.78, 5) is 34.7. The molecular formula is C26H26Cl2F3NO3. The third-order valence-corrected chi connectivity index (χ3v) is 5.92. The number of amides is 1. The van der Waals surface area contributed by atoms with E-state index >= 15 is 0 Å². The first-order chi connectivity index (χ1) is 16.4. The Morgan fingerprint density at radius 3 is 2.29 bits per heavy atom. The Balaban J connectivity index is 2.17. The monoisotopic (exact) mass is 527 g/mol. The molecule has 0 aliphatic rings. The van der Waals surface area contributed by atoms with E-state index < -0.39 is 12.1 Å². The van der Waals surface area contributed by atoms with Gasteiger partial charge in [0.1, 0.15) is 12.1 Å². The Morgan fingerprint density at radius 1 is 1.09 bits per heavy atom. The van der Waals surface area contributed by atoms with Crippen LogP contribution in [-0.4, -0.2) is 30.2 Å². The number of ketones is 1. The number of nitrogens with one attached hydrogen (secondary N) is 1. The van der Waals surface area contributed by atoms with Crippen LogP contribution >= 0.6 is 23.2 Å². The fraction of sp³-hybridized carbons (Fsp3) is 0.346. The Labute approximate surface area is 212 Å². The highest BCUT2D eigenvalue weighted by Crippen LogP contribution is 2.38. The molecule has 2 unspecified atom stereocenters. The molecule has 0 spiro atoms.